The summed E-state index contributed by atoms with van der Waals surface area (Å²) in [6, 6.07) is 0. The molecular formula is C9H13NO3. The molecule has 4 heteroatoms. The second kappa shape index (κ2) is 3.60. The Hall–Kier alpha value is -1.32. The zero-order chi connectivity index (χ0) is 10.0. The fourth-order valence-electron chi connectivity index (χ4n) is 1.13. The van der Waals surface area contributed by atoms with Crippen LogP contribution in [0.1, 0.15) is 35.7 Å². The van der Waals surface area contributed by atoms with Crippen LogP contribution in [0.4, 0.5) is 0 Å². The molecule has 1 aromatic heterocycles. The molecule has 1 heterocycles. The van der Waals surface area contributed by atoms with Gasteiger partial charge in [-0.3, -0.25) is 0 Å². The Morgan fingerprint density at radius 1 is 1.62 bits per heavy atom. The van der Waals surface area contributed by atoms with Crippen molar-refractivity contribution in [2.24, 2.45) is 5.92 Å². The van der Waals surface area contributed by atoms with Crippen LogP contribution in [0.2, 0.25) is 0 Å². The molecule has 72 valence electrons. The van der Waals surface area contributed by atoms with Gasteiger partial charge in [-0.2, -0.15) is 0 Å². The summed E-state index contributed by atoms with van der Waals surface area (Å²) >= 11 is 0. The lowest BCUT2D eigenvalue weighted by Gasteiger charge is -1.99. The van der Waals surface area contributed by atoms with Crippen LogP contribution in [0.5, 0.6) is 0 Å². The molecule has 0 fully saturated rings. The molecule has 0 aliphatic carbocycles. The molecular weight excluding hydrogens is 170 g/mol. The summed E-state index contributed by atoms with van der Waals surface area (Å²) in [4.78, 5) is 10.6. The SMILES string of the molecule is Cc1c(C(=O)O)noc1CC(C)C. The van der Waals surface area contributed by atoms with E-state index in [9.17, 15) is 4.79 Å². The van der Waals surface area contributed by atoms with Gasteiger partial charge in [-0.25, -0.2) is 4.79 Å². The molecule has 0 atom stereocenters. The highest BCUT2D eigenvalue weighted by atomic mass is 16.5. The molecule has 0 radical (unpaired) electrons. The Balaban J connectivity index is 2.93. The van der Waals surface area contributed by atoms with Crippen molar-refractivity contribution >= 4 is 5.97 Å². The van der Waals surface area contributed by atoms with Gasteiger partial charge in [0, 0.05) is 12.0 Å². The summed E-state index contributed by atoms with van der Waals surface area (Å²) in [5.74, 6) is 0.0805. The van der Waals surface area contributed by atoms with Crippen molar-refractivity contribution in [1.82, 2.24) is 5.16 Å². The Kier molecular flexibility index (Phi) is 2.70. The van der Waals surface area contributed by atoms with Crippen molar-refractivity contribution in [2.75, 3.05) is 0 Å². The molecule has 0 amide bonds. The molecule has 0 unspecified atom stereocenters. The van der Waals surface area contributed by atoms with Crippen LogP contribution in [0.3, 0.4) is 0 Å². The number of rotatable bonds is 3. The predicted octanol–water partition coefficient (Wildman–Crippen LogP) is 1.88. The van der Waals surface area contributed by atoms with Gasteiger partial charge in [-0.05, 0) is 12.8 Å². The second-order valence-corrected chi connectivity index (χ2v) is 3.48. The topological polar surface area (TPSA) is 63.3 Å². The van der Waals surface area contributed by atoms with E-state index in [2.05, 4.69) is 5.16 Å². The molecule has 1 N–H and O–H groups in total. The fourth-order valence-corrected chi connectivity index (χ4v) is 1.13. The first-order valence-electron chi connectivity index (χ1n) is 4.20. The van der Waals surface area contributed by atoms with E-state index in [1.54, 1.807) is 6.92 Å². The number of aromatic carboxylic acids is 1. The third-order valence-electron chi connectivity index (χ3n) is 1.82. The number of carboxylic acids is 1. The average Bonchev–Trinajstić information content (AvgIpc) is 2.32. The highest BCUT2D eigenvalue weighted by molar-refractivity contribution is 5.86. The van der Waals surface area contributed by atoms with E-state index in [-0.39, 0.29) is 5.69 Å². The highest BCUT2D eigenvalue weighted by Gasteiger charge is 2.17. The van der Waals surface area contributed by atoms with Crippen LogP contribution in [-0.2, 0) is 6.42 Å². The van der Waals surface area contributed by atoms with Gasteiger partial charge in [-0.15, -0.1) is 0 Å². The van der Waals surface area contributed by atoms with Crippen molar-refractivity contribution in [2.45, 2.75) is 27.2 Å². The standard InChI is InChI=1S/C9H13NO3/c1-5(2)4-7-6(3)8(9(11)12)10-13-7/h5H,4H2,1-3H3,(H,11,12). The van der Waals surface area contributed by atoms with Gasteiger partial charge in [0.05, 0.1) is 0 Å². The maximum Gasteiger partial charge on any atom is 0.358 e. The summed E-state index contributed by atoms with van der Waals surface area (Å²) in [6.07, 6.45) is 0.728. The summed E-state index contributed by atoms with van der Waals surface area (Å²) < 4.78 is 4.94. The Labute approximate surface area is 76.5 Å². The van der Waals surface area contributed by atoms with E-state index in [4.69, 9.17) is 9.63 Å². The van der Waals surface area contributed by atoms with Gasteiger partial charge in [0.1, 0.15) is 5.76 Å². The fraction of sp³-hybridized carbons (Fsp3) is 0.556. The molecule has 0 saturated heterocycles. The average molecular weight is 183 g/mol. The quantitative estimate of drug-likeness (QED) is 0.777. The van der Waals surface area contributed by atoms with Gasteiger partial charge in [0.2, 0.25) is 0 Å². The number of aromatic nitrogens is 1. The lowest BCUT2D eigenvalue weighted by molar-refractivity contribution is 0.0685. The van der Waals surface area contributed by atoms with Crippen molar-refractivity contribution in [3.8, 4) is 0 Å². The molecule has 13 heavy (non-hydrogen) atoms. The van der Waals surface area contributed by atoms with Gasteiger partial charge in [-0.1, -0.05) is 19.0 Å². The highest BCUT2D eigenvalue weighted by Crippen LogP contribution is 2.16. The van der Waals surface area contributed by atoms with Crippen molar-refractivity contribution in [3.63, 3.8) is 0 Å². The summed E-state index contributed by atoms with van der Waals surface area (Å²) in [5, 5.41) is 12.2. The lowest BCUT2D eigenvalue weighted by Crippen LogP contribution is -2.00. The second-order valence-electron chi connectivity index (χ2n) is 3.48. The largest absolute Gasteiger partial charge is 0.476 e. The smallest absolute Gasteiger partial charge is 0.358 e. The number of carboxylic acid groups (broad SMARTS) is 1. The maximum atomic E-state index is 10.6. The van der Waals surface area contributed by atoms with Crippen LogP contribution in [0, 0.1) is 12.8 Å². The number of nitrogens with zero attached hydrogens (tertiary/aromatic N) is 1. The van der Waals surface area contributed by atoms with Crippen LogP contribution < -0.4 is 0 Å². The Morgan fingerprint density at radius 3 is 2.62 bits per heavy atom. The van der Waals surface area contributed by atoms with E-state index in [0.717, 1.165) is 6.42 Å². The van der Waals surface area contributed by atoms with Crippen LogP contribution >= 0.6 is 0 Å². The van der Waals surface area contributed by atoms with Crippen LogP contribution in [-0.4, -0.2) is 16.2 Å². The first kappa shape index (κ1) is 9.77. The first-order valence-corrected chi connectivity index (χ1v) is 4.20. The number of carbonyl (C=O) groups is 1. The molecule has 4 nitrogen and oxygen atoms in total. The monoisotopic (exact) mass is 183 g/mol. The van der Waals surface area contributed by atoms with Gasteiger partial charge < -0.3 is 9.63 Å². The molecule has 0 bridgehead atoms. The minimum atomic E-state index is -1.03. The van der Waals surface area contributed by atoms with E-state index in [1.807, 2.05) is 13.8 Å². The lowest BCUT2D eigenvalue weighted by atomic mass is 10.1. The first-order chi connectivity index (χ1) is 6.02. The molecule has 0 aliphatic heterocycles. The molecule has 0 aromatic carbocycles. The number of hydrogen-bond acceptors (Lipinski definition) is 3. The molecule has 0 aliphatic rings. The summed E-state index contributed by atoms with van der Waals surface area (Å²) in [5.41, 5.74) is 0.664. The van der Waals surface area contributed by atoms with Gasteiger partial charge >= 0.3 is 5.97 Å². The Morgan fingerprint density at radius 2 is 2.23 bits per heavy atom. The molecule has 0 saturated carbocycles. The predicted molar refractivity (Wildman–Crippen MR) is 46.7 cm³/mol. The van der Waals surface area contributed by atoms with Gasteiger partial charge in [0.25, 0.3) is 0 Å². The van der Waals surface area contributed by atoms with Crippen LogP contribution in [0.15, 0.2) is 4.52 Å². The van der Waals surface area contributed by atoms with Crippen molar-refractivity contribution < 1.29 is 14.4 Å². The third-order valence-corrected chi connectivity index (χ3v) is 1.82. The zero-order valence-corrected chi connectivity index (χ0v) is 8.00. The van der Waals surface area contributed by atoms with E-state index in [1.165, 1.54) is 0 Å². The summed E-state index contributed by atoms with van der Waals surface area (Å²) in [7, 11) is 0. The van der Waals surface area contributed by atoms with Crippen LogP contribution in [0.25, 0.3) is 0 Å². The maximum absolute atomic E-state index is 10.6. The Bertz CT molecular complexity index is 315. The van der Waals surface area contributed by atoms with Crippen molar-refractivity contribution in [3.05, 3.63) is 17.0 Å². The number of hydrogen-bond donors (Lipinski definition) is 1. The minimum Gasteiger partial charge on any atom is -0.476 e. The molecule has 0 spiro atoms. The van der Waals surface area contributed by atoms with Gasteiger partial charge in [0.15, 0.2) is 5.69 Å². The zero-order valence-electron chi connectivity index (χ0n) is 8.00. The molecule has 1 aromatic rings. The minimum absolute atomic E-state index is 0.0238. The van der Waals surface area contributed by atoms with Crippen molar-refractivity contribution in [1.29, 1.82) is 0 Å². The van der Waals surface area contributed by atoms with E-state index in [0.29, 0.717) is 17.2 Å². The van der Waals surface area contributed by atoms with E-state index < -0.39 is 5.97 Å². The molecule has 1 rings (SSSR count). The third kappa shape index (κ3) is 2.08. The summed E-state index contributed by atoms with van der Waals surface area (Å²) in [6.45, 7) is 5.81. The van der Waals surface area contributed by atoms with E-state index >= 15 is 0 Å². The normalized spacial score (nSPS) is 10.8.